The Kier molecular flexibility index (Phi) is 10.4. The topological polar surface area (TPSA) is 31.8 Å². The van der Waals surface area contributed by atoms with Crippen LogP contribution in [0.4, 0.5) is 28.6 Å². The molecule has 0 atom stereocenters. The summed E-state index contributed by atoms with van der Waals surface area (Å²) in [5, 5.41) is 0. The molecule has 0 saturated carbocycles. The third kappa shape index (κ3) is 7.60. The van der Waals surface area contributed by atoms with Gasteiger partial charge in [0.05, 0.1) is 5.69 Å². The van der Waals surface area contributed by atoms with Crippen LogP contribution in [0.25, 0.3) is 33.4 Å². The maximum absolute atomic E-state index is 6.62. The molecule has 6 heteroatoms. The van der Waals surface area contributed by atoms with Gasteiger partial charge in [0.1, 0.15) is 5.82 Å². The van der Waals surface area contributed by atoms with Crippen molar-refractivity contribution in [1.29, 1.82) is 0 Å². The second-order valence-electron chi connectivity index (χ2n) is 16.8. The number of pyridine rings is 1. The van der Waals surface area contributed by atoms with E-state index in [0.717, 1.165) is 61.9 Å². The molecule has 2 aliphatic heterocycles. The van der Waals surface area contributed by atoms with Gasteiger partial charge in [0, 0.05) is 50.0 Å². The van der Waals surface area contributed by atoms with Crippen LogP contribution >= 0.6 is 0 Å². The first-order valence-corrected chi connectivity index (χ1v) is 19.5. The number of ether oxygens (including phenoxy) is 1. The second kappa shape index (κ2) is 15.5. The Morgan fingerprint density at radius 1 is 0.552 bits per heavy atom. The fraction of sp³-hybridized carbons (Fsp3) is 0.154. The summed E-state index contributed by atoms with van der Waals surface area (Å²) >= 11 is 0. The Balaban J connectivity index is 0.00000469. The van der Waals surface area contributed by atoms with Gasteiger partial charge < -0.3 is 19.4 Å². The molecule has 0 spiro atoms. The summed E-state index contributed by atoms with van der Waals surface area (Å²) in [6, 6.07) is 56.1. The Morgan fingerprint density at radius 3 is 1.91 bits per heavy atom. The predicted octanol–water partition coefficient (Wildman–Crippen LogP) is 13.8. The molecule has 2 aliphatic rings. The molecule has 0 amide bonds. The zero-order valence-corrected chi connectivity index (χ0v) is 35.9. The number of anilines is 5. The molecular formula is C52H45N4OPt-3. The van der Waals surface area contributed by atoms with Crippen LogP contribution in [-0.4, -0.2) is 4.98 Å². The molecule has 7 aromatic rings. The summed E-state index contributed by atoms with van der Waals surface area (Å²) in [7, 11) is 0. The van der Waals surface area contributed by atoms with Crippen molar-refractivity contribution in [3.05, 3.63) is 188 Å². The minimum absolute atomic E-state index is 0. The first-order valence-electron chi connectivity index (χ1n) is 19.5. The summed E-state index contributed by atoms with van der Waals surface area (Å²) in [6.07, 6.45) is 6.00. The van der Waals surface area contributed by atoms with Crippen molar-refractivity contribution < 1.29 is 25.8 Å². The number of benzene rings is 6. The number of nitrogens with zero attached hydrogens (tertiary/aromatic N) is 4. The van der Waals surface area contributed by atoms with Crippen LogP contribution in [0.5, 0.6) is 11.5 Å². The SMILES string of the molecule is CC(C)(C)c1cc(N2C=CN(c3[c-]c(Oc4[c-]c5c(cc4)-c4ccccc4-c4ccc(-c6ccccc6)cc4N5c4ccccn4)ccc3)[CH-]2)cc(C(C)(C)C)c1.[Pt]. The molecule has 0 fully saturated rings. The molecule has 1 aromatic heterocycles. The summed E-state index contributed by atoms with van der Waals surface area (Å²) in [5.74, 6) is 1.97. The number of rotatable bonds is 6. The largest absolute Gasteiger partial charge is 0.509 e. The van der Waals surface area contributed by atoms with Crippen LogP contribution in [0.2, 0.25) is 0 Å². The molecule has 6 aromatic carbocycles. The van der Waals surface area contributed by atoms with Crippen molar-refractivity contribution in [1.82, 2.24) is 4.98 Å². The zero-order chi connectivity index (χ0) is 39.3. The van der Waals surface area contributed by atoms with Crippen molar-refractivity contribution >= 4 is 28.6 Å². The molecule has 5 nitrogen and oxygen atoms in total. The first kappa shape index (κ1) is 38.9. The van der Waals surface area contributed by atoms with Gasteiger partial charge in [0.25, 0.3) is 0 Å². The van der Waals surface area contributed by atoms with E-state index in [4.69, 9.17) is 9.72 Å². The van der Waals surface area contributed by atoms with E-state index in [2.05, 4.69) is 178 Å². The van der Waals surface area contributed by atoms with Gasteiger partial charge in [-0.3, -0.25) is 0 Å². The van der Waals surface area contributed by atoms with E-state index >= 15 is 0 Å². The molecule has 58 heavy (non-hydrogen) atoms. The van der Waals surface area contributed by atoms with Crippen LogP contribution in [0.1, 0.15) is 52.7 Å². The predicted molar refractivity (Wildman–Crippen MR) is 235 cm³/mol. The number of hydrogen-bond acceptors (Lipinski definition) is 5. The molecule has 3 heterocycles. The van der Waals surface area contributed by atoms with Crippen molar-refractivity contribution in [3.8, 4) is 44.9 Å². The van der Waals surface area contributed by atoms with Crippen molar-refractivity contribution in [2.24, 2.45) is 0 Å². The van der Waals surface area contributed by atoms with Crippen molar-refractivity contribution in [3.63, 3.8) is 0 Å². The maximum Gasteiger partial charge on any atom is 0.135 e. The monoisotopic (exact) mass is 936 g/mol. The molecule has 9 rings (SSSR count). The Labute approximate surface area is 357 Å². The quantitative estimate of drug-likeness (QED) is 0.155. The van der Waals surface area contributed by atoms with Gasteiger partial charge in [-0.05, 0) is 81.4 Å². The second-order valence-corrected chi connectivity index (χ2v) is 16.8. The van der Waals surface area contributed by atoms with Crippen molar-refractivity contribution in [2.75, 3.05) is 14.7 Å². The van der Waals surface area contributed by atoms with Gasteiger partial charge >= 0.3 is 0 Å². The van der Waals surface area contributed by atoms with Crippen molar-refractivity contribution in [2.45, 2.75) is 52.4 Å². The fourth-order valence-electron chi connectivity index (χ4n) is 7.51. The van der Waals surface area contributed by atoms with Crippen LogP contribution in [-0.2, 0) is 31.9 Å². The van der Waals surface area contributed by atoms with Gasteiger partial charge in [-0.2, -0.15) is 12.1 Å². The molecule has 0 bridgehead atoms. The Bertz CT molecular complexity index is 2590. The zero-order valence-electron chi connectivity index (χ0n) is 33.6. The summed E-state index contributed by atoms with van der Waals surface area (Å²) in [6.45, 7) is 15.7. The molecule has 292 valence electrons. The van der Waals surface area contributed by atoms with E-state index in [1.54, 1.807) is 0 Å². The number of aromatic nitrogens is 1. The standard InChI is InChI=1S/C52H45N4O.Pt/c1-51(2,3)38-30-39(52(4,5)6)32-41(31-38)55-28-27-54(35-55)40-17-14-18-42(33-40)57-43-23-25-47-45-20-11-10-19-44(45)46-24-22-37(36-15-8-7-9-16-36)29-48(46)56(49(47)34-43)50-21-12-13-26-53-50;/h7-32,35H,1-6H3;/q-3;. The smallest absolute Gasteiger partial charge is 0.135 e. The van der Waals surface area contributed by atoms with Gasteiger partial charge in [0.2, 0.25) is 0 Å². The van der Waals surface area contributed by atoms with Gasteiger partial charge in [-0.25, -0.2) is 4.98 Å². The molecule has 0 aliphatic carbocycles. The van der Waals surface area contributed by atoms with Crippen LogP contribution < -0.4 is 19.4 Å². The van der Waals surface area contributed by atoms with Crippen LogP contribution in [0.15, 0.2) is 158 Å². The van der Waals surface area contributed by atoms with E-state index in [9.17, 15) is 0 Å². The average molecular weight is 937 g/mol. The number of fused-ring (bicyclic) bond motifs is 5. The van der Waals surface area contributed by atoms with E-state index < -0.39 is 0 Å². The minimum Gasteiger partial charge on any atom is -0.509 e. The summed E-state index contributed by atoms with van der Waals surface area (Å²) in [5.41, 5.74) is 13.3. The molecule has 0 saturated heterocycles. The molecule has 0 radical (unpaired) electrons. The van der Waals surface area contributed by atoms with E-state index in [0.29, 0.717) is 11.5 Å². The van der Waals surface area contributed by atoms with Crippen LogP contribution in [0, 0.1) is 18.8 Å². The summed E-state index contributed by atoms with van der Waals surface area (Å²) < 4.78 is 6.62. The number of hydrogen-bond donors (Lipinski definition) is 0. The molecule has 0 unspecified atom stereocenters. The van der Waals surface area contributed by atoms with Gasteiger partial charge in [0.15, 0.2) is 0 Å². The minimum atomic E-state index is 0. The van der Waals surface area contributed by atoms with E-state index in [-0.39, 0.29) is 31.9 Å². The first-order chi connectivity index (χ1) is 27.5. The third-order valence-corrected chi connectivity index (χ3v) is 10.7. The van der Waals surface area contributed by atoms with Gasteiger partial charge in [-0.1, -0.05) is 132 Å². The van der Waals surface area contributed by atoms with E-state index in [1.165, 1.54) is 11.1 Å². The average Bonchev–Trinajstić information content (AvgIpc) is 3.68. The molecule has 0 N–H and O–H groups in total. The fourth-order valence-corrected chi connectivity index (χ4v) is 7.51. The van der Waals surface area contributed by atoms with Crippen LogP contribution in [0.3, 0.4) is 0 Å². The maximum atomic E-state index is 6.62. The third-order valence-electron chi connectivity index (χ3n) is 10.7. The van der Waals surface area contributed by atoms with Gasteiger partial charge in [-0.15, -0.1) is 48.3 Å². The normalized spacial score (nSPS) is 13.3. The Hall–Kier alpha value is -5.90. The van der Waals surface area contributed by atoms with E-state index in [1.807, 2.05) is 54.7 Å². The summed E-state index contributed by atoms with van der Waals surface area (Å²) in [4.78, 5) is 11.3. The molecular weight excluding hydrogens is 892 g/mol. The Morgan fingerprint density at radius 2 is 1.21 bits per heavy atom.